The Morgan fingerprint density at radius 3 is 2.92 bits per heavy atom. The van der Waals surface area contributed by atoms with Crippen molar-refractivity contribution < 1.29 is 4.52 Å². The first kappa shape index (κ1) is 16.9. The van der Waals surface area contributed by atoms with Gasteiger partial charge in [-0.1, -0.05) is 25.1 Å². The lowest BCUT2D eigenvalue weighted by atomic mass is 10.1. The van der Waals surface area contributed by atoms with E-state index in [-0.39, 0.29) is 0 Å². The summed E-state index contributed by atoms with van der Waals surface area (Å²) in [6, 6.07) is 7.77. The highest BCUT2D eigenvalue weighted by Gasteiger charge is 2.09. The number of nitrogens with zero attached hydrogens (tertiary/aromatic N) is 5. The molecular weight excluding hydrogens is 318 g/mol. The molecule has 3 rings (SSSR count). The van der Waals surface area contributed by atoms with E-state index in [2.05, 4.69) is 44.8 Å². The van der Waals surface area contributed by atoms with Crippen LogP contribution in [0.5, 0.6) is 0 Å². The molecule has 3 aromatic heterocycles. The van der Waals surface area contributed by atoms with Crippen LogP contribution in [0.3, 0.4) is 0 Å². The normalized spacial score (nSPS) is 12.1. The summed E-state index contributed by atoms with van der Waals surface area (Å²) in [4.78, 5) is 4.57. The van der Waals surface area contributed by atoms with E-state index in [1.807, 2.05) is 41.8 Å². The van der Waals surface area contributed by atoms with Crippen molar-refractivity contribution in [3.05, 3.63) is 47.7 Å². The van der Waals surface area contributed by atoms with Gasteiger partial charge >= 0.3 is 0 Å². The molecule has 0 aliphatic heterocycles. The largest absolute Gasteiger partial charge is 0.359 e. The Balaban J connectivity index is 1.66. The first-order chi connectivity index (χ1) is 12.2. The van der Waals surface area contributed by atoms with Gasteiger partial charge in [-0.3, -0.25) is 4.40 Å². The van der Waals surface area contributed by atoms with Gasteiger partial charge in [0.2, 0.25) is 0 Å². The first-order valence-electron chi connectivity index (χ1n) is 8.43. The van der Waals surface area contributed by atoms with E-state index in [0.29, 0.717) is 25.0 Å². The highest BCUT2D eigenvalue weighted by atomic mass is 16.5. The number of pyridine rings is 1. The molecule has 0 atom stereocenters. The van der Waals surface area contributed by atoms with Crippen LogP contribution in [0, 0.1) is 0 Å². The smallest absolute Gasteiger partial charge is 0.192 e. The minimum absolute atomic E-state index is 0.348. The summed E-state index contributed by atoms with van der Waals surface area (Å²) in [5.41, 5.74) is 1.77. The van der Waals surface area contributed by atoms with Gasteiger partial charge in [0.15, 0.2) is 23.2 Å². The zero-order chi connectivity index (χ0) is 17.6. The Hall–Kier alpha value is -2.90. The molecule has 0 aliphatic rings. The molecule has 3 heterocycles. The van der Waals surface area contributed by atoms with Crippen molar-refractivity contribution in [3.63, 3.8) is 0 Å². The molecule has 0 unspecified atom stereocenters. The van der Waals surface area contributed by atoms with Crippen LogP contribution in [-0.4, -0.2) is 32.3 Å². The predicted octanol–water partition coefficient (Wildman–Crippen LogP) is 2.10. The highest BCUT2D eigenvalue weighted by molar-refractivity contribution is 5.79. The fraction of sp³-hybridized carbons (Fsp3) is 0.412. The number of fused-ring (bicyclic) bond motifs is 1. The molecule has 0 radical (unpaired) electrons. The monoisotopic (exact) mass is 341 g/mol. The standard InChI is InChI=1S/C17H23N7O/c1-4-18-17(19-10-13-9-14(12(2)3)23-25-13)20-11-16-22-21-15-7-5-6-8-24(15)16/h5-9,12H,4,10-11H2,1-3H3,(H2,18,19,20). The summed E-state index contributed by atoms with van der Waals surface area (Å²) in [6.07, 6.45) is 1.93. The van der Waals surface area contributed by atoms with Crippen LogP contribution in [0.1, 0.15) is 44.0 Å². The lowest BCUT2D eigenvalue weighted by Gasteiger charge is -2.09. The molecule has 0 fully saturated rings. The molecule has 25 heavy (non-hydrogen) atoms. The van der Waals surface area contributed by atoms with Crippen LogP contribution in [0.4, 0.5) is 0 Å². The Labute approximate surface area is 146 Å². The van der Waals surface area contributed by atoms with Crippen molar-refractivity contribution in [3.8, 4) is 0 Å². The second-order valence-corrected chi connectivity index (χ2v) is 5.97. The average molecular weight is 341 g/mol. The van der Waals surface area contributed by atoms with Crippen molar-refractivity contribution in [1.82, 2.24) is 30.4 Å². The van der Waals surface area contributed by atoms with E-state index in [1.165, 1.54) is 0 Å². The zero-order valence-corrected chi connectivity index (χ0v) is 14.7. The first-order valence-corrected chi connectivity index (χ1v) is 8.43. The van der Waals surface area contributed by atoms with Crippen molar-refractivity contribution in [2.75, 3.05) is 6.54 Å². The van der Waals surface area contributed by atoms with Crippen molar-refractivity contribution in [2.45, 2.75) is 39.8 Å². The summed E-state index contributed by atoms with van der Waals surface area (Å²) in [5.74, 6) is 2.61. The van der Waals surface area contributed by atoms with Gasteiger partial charge in [0.1, 0.15) is 6.54 Å². The highest BCUT2D eigenvalue weighted by Crippen LogP contribution is 2.13. The minimum Gasteiger partial charge on any atom is -0.359 e. The molecule has 0 saturated heterocycles. The molecule has 0 saturated carbocycles. The lowest BCUT2D eigenvalue weighted by Crippen LogP contribution is -2.36. The molecular formula is C17H23N7O. The number of nitrogens with one attached hydrogen (secondary N) is 2. The second kappa shape index (κ2) is 7.78. The maximum Gasteiger partial charge on any atom is 0.192 e. The number of rotatable bonds is 6. The summed E-state index contributed by atoms with van der Waals surface area (Å²) in [6.45, 7) is 7.91. The molecule has 0 spiro atoms. The van der Waals surface area contributed by atoms with Crippen LogP contribution in [0.15, 0.2) is 40.0 Å². The number of aliphatic imine (C=N–C) groups is 1. The van der Waals surface area contributed by atoms with E-state index in [1.54, 1.807) is 0 Å². The number of guanidine groups is 1. The third-order valence-electron chi connectivity index (χ3n) is 3.71. The maximum atomic E-state index is 5.34. The van der Waals surface area contributed by atoms with Crippen LogP contribution in [0.2, 0.25) is 0 Å². The summed E-state index contributed by atoms with van der Waals surface area (Å²) in [7, 11) is 0. The SMILES string of the molecule is CCNC(=NCc1nnc2ccccn12)NCc1cc(C(C)C)no1. The summed E-state index contributed by atoms with van der Waals surface area (Å²) in [5, 5.41) is 18.8. The average Bonchev–Trinajstić information content (AvgIpc) is 3.24. The fourth-order valence-electron chi connectivity index (χ4n) is 2.35. The van der Waals surface area contributed by atoms with Gasteiger partial charge in [-0.15, -0.1) is 10.2 Å². The van der Waals surface area contributed by atoms with Gasteiger partial charge in [-0.05, 0) is 25.0 Å². The van der Waals surface area contributed by atoms with Gasteiger partial charge in [0.25, 0.3) is 0 Å². The zero-order valence-electron chi connectivity index (χ0n) is 14.7. The molecule has 2 N–H and O–H groups in total. The van der Waals surface area contributed by atoms with E-state index in [4.69, 9.17) is 4.52 Å². The lowest BCUT2D eigenvalue weighted by molar-refractivity contribution is 0.372. The van der Waals surface area contributed by atoms with E-state index < -0.39 is 0 Å². The third-order valence-corrected chi connectivity index (χ3v) is 3.71. The molecule has 3 aromatic rings. The number of aromatic nitrogens is 4. The van der Waals surface area contributed by atoms with Crippen LogP contribution in [0.25, 0.3) is 5.65 Å². The van der Waals surface area contributed by atoms with Gasteiger partial charge in [0.05, 0.1) is 12.2 Å². The number of hydrogen-bond acceptors (Lipinski definition) is 5. The van der Waals surface area contributed by atoms with Crippen molar-refractivity contribution in [2.24, 2.45) is 4.99 Å². The summed E-state index contributed by atoms with van der Waals surface area (Å²) < 4.78 is 7.27. The van der Waals surface area contributed by atoms with Gasteiger partial charge in [0, 0.05) is 18.8 Å². The molecule has 8 heteroatoms. The van der Waals surface area contributed by atoms with E-state index in [9.17, 15) is 0 Å². The Bertz CT molecular complexity index is 849. The topological polar surface area (TPSA) is 92.6 Å². The van der Waals surface area contributed by atoms with Crippen molar-refractivity contribution >= 4 is 11.6 Å². The van der Waals surface area contributed by atoms with E-state index in [0.717, 1.165) is 29.5 Å². The van der Waals surface area contributed by atoms with Crippen LogP contribution in [-0.2, 0) is 13.1 Å². The number of hydrogen-bond donors (Lipinski definition) is 2. The molecule has 0 amide bonds. The van der Waals surface area contributed by atoms with Crippen molar-refractivity contribution in [1.29, 1.82) is 0 Å². The summed E-state index contributed by atoms with van der Waals surface area (Å²) >= 11 is 0. The fourth-order valence-corrected chi connectivity index (χ4v) is 2.35. The van der Waals surface area contributed by atoms with E-state index >= 15 is 0 Å². The maximum absolute atomic E-state index is 5.34. The van der Waals surface area contributed by atoms with Gasteiger partial charge in [-0.2, -0.15) is 0 Å². The minimum atomic E-state index is 0.348. The quantitative estimate of drug-likeness (QED) is 0.527. The molecule has 8 nitrogen and oxygen atoms in total. The Kier molecular flexibility index (Phi) is 5.27. The molecule has 132 valence electrons. The molecule has 0 aliphatic carbocycles. The van der Waals surface area contributed by atoms with Crippen LogP contribution < -0.4 is 10.6 Å². The molecule has 0 bridgehead atoms. The molecule has 0 aromatic carbocycles. The van der Waals surface area contributed by atoms with Crippen LogP contribution >= 0.6 is 0 Å². The Morgan fingerprint density at radius 2 is 2.16 bits per heavy atom. The third kappa shape index (κ3) is 4.14. The predicted molar refractivity (Wildman–Crippen MR) is 95.2 cm³/mol. The second-order valence-electron chi connectivity index (χ2n) is 5.97. The van der Waals surface area contributed by atoms with Gasteiger partial charge in [-0.25, -0.2) is 4.99 Å². The Morgan fingerprint density at radius 1 is 1.28 bits per heavy atom. The van der Waals surface area contributed by atoms with Gasteiger partial charge < -0.3 is 15.2 Å².